The van der Waals surface area contributed by atoms with Gasteiger partial charge in [-0.3, -0.25) is 9.69 Å². The summed E-state index contributed by atoms with van der Waals surface area (Å²) in [5, 5.41) is 12.1. The maximum Gasteiger partial charge on any atom is 0.324 e. The molecule has 0 bridgehead atoms. The molecule has 3 aromatic rings. The van der Waals surface area contributed by atoms with Gasteiger partial charge < -0.3 is 14.6 Å². The van der Waals surface area contributed by atoms with Crippen LogP contribution in [-0.2, 0) is 6.54 Å². The van der Waals surface area contributed by atoms with Crippen LogP contribution in [0.15, 0.2) is 71.3 Å². The number of hydrogen-bond donors (Lipinski definition) is 1. The summed E-state index contributed by atoms with van der Waals surface area (Å²) in [5.74, 6) is -0.0947. The average molecular weight is 400 g/mol. The number of nitrogens with zero attached hydrogens (tertiary/aromatic N) is 3. The van der Waals surface area contributed by atoms with Crippen molar-refractivity contribution < 1.29 is 14.0 Å². The van der Waals surface area contributed by atoms with E-state index in [0.29, 0.717) is 30.9 Å². The molecule has 0 aliphatic carbocycles. The van der Waals surface area contributed by atoms with Crippen molar-refractivity contribution in [3.8, 4) is 6.07 Å². The van der Waals surface area contributed by atoms with Crippen molar-refractivity contribution in [1.29, 1.82) is 5.26 Å². The smallest absolute Gasteiger partial charge is 0.324 e. The number of carbonyl (C=O) groups is 2. The van der Waals surface area contributed by atoms with Crippen LogP contribution in [0.3, 0.4) is 0 Å². The van der Waals surface area contributed by atoms with E-state index in [1.165, 1.54) is 6.26 Å². The van der Waals surface area contributed by atoms with E-state index in [2.05, 4.69) is 11.4 Å². The summed E-state index contributed by atoms with van der Waals surface area (Å²) in [6.45, 7) is 1.66. The van der Waals surface area contributed by atoms with E-state index in [9.17, 15) is 14.9 Å². The molecular formula is C23H20N4O3. The van der Waals surface area contributed by atoms with Crippen LogP contribution in [0.5, 0.6) is 0 Å². The number of anilines is 2. The molecule has 1 fully saturated rings. The molecule has 0 unspecified atom stereocenters. The van der Waals surface area contributed by atoms with Gasteiger partial charge in [-0.2, -0.15) is 5.26 Å². The number of hydrogen-bond acceptors (Lipinski definition) is 4. The SMILES string of the molecule is N#Cc1ccccc1CN1CCCN(c2ccc(NC(=O)c3ccco3)cc2)C1=O. The molecule has 1 aromatic heterocycles. The van der Waals surface area contributed by atoms with Gasteiger partial charge in [0.15, 0.2) is 5.76 Å². The monoisotopic (exact) mass is 400 g/mol. The molecule has 3 amide bonds. The Morgan fingerprint density at radius 2 is 1.87 bits per heavy atom. The van der Waals surface area contributed by atoms with Gasteiger partial charge in [0.05, 0.1) is 17.9 Å². The van der Waals surface area contributed by atoms with E-state index < -0.39 is 0 Å². The fourth-order valence-corrected chi connectivity index (χ4v) is 3.47. The second-order valence-corrected chi connectivity index (χ2v) is 6.96. The van der Waals surface area contributed by atoms with Crippen molar-refractivity contribution in [2.75, 3.05) is 23.3 Å². The minimum atomic E-state index is -0.330. The molecule has 0 saturated carbocycles. The highest BCUT2D eigenvalue weighted by Crippen LogP contribution is 2.24. The summed E-state index contributed by atoms with van der Waals surface area (Å²) in [4.78, 5) is 28.6. The van der Waals surface area contributed by atoms with Gasteiger partial charge in [0.1, 0.15) is 0 Å². The topological polar surface area (TPSA) is 89.6 Å². The van der Waals surface area contributed by atoms with Crippen LogP contribution in [0.1, 0.15) is 28.1 Å². The van der Waals surface area contributed by atoms with E-state index in [1.54, 1.807) is 40.1 Å². The van der Waals surface area contributed by atoms with E-state index in [0.717, 1.165) is 17.7 Å². The van der Waals surface area contributed by atoms with Crippen LogP contribution in [-0.4, -0.2) is 29.9 Å². The van der Waals surface area contributed by atoms with Crippen LogP contribution in [0.4, 0.5) is 16.2 Å². The van der Waals surface area contributed by atoms with Gasteiger partial charge in [-0.05, 0) is 54.4 Å². The third-order valence-electron chi connectivity index (χ3n) is 4.99. The van der Waals surface area contributed by atoms with Gasteiger partial charge in [0.25, 0.3) is 5.91 Å². The standard InChI is InChI=1S/C23H20N4O3/c24-15-17-5-1-2-6-18(17)16-26-12-4-13-27(23(26)29)20-10-8-19(9-11-20)25-22(28)21-7-3-14-30-21/h1-3,5-11,14H,4,12-13,16H2,(H,25,28). The lowest BCUT2D eigenvalue weighted by Gasteiger charge is -2.36. The first kappa shape index (κ1) is 19.3. The Bertz CT molecular complexity index is 1080. The van der Waals surface area contributed by atoms with Crippen LogP contribution < -0.4 is 10.2 Å². The Kier molecular flexibility index (Phi) is 5.48. The first-order chi connectivity index (χ1) is 14.7. The first-order valence-corrected chi connectivity index (χ1v) is 9.65. The third-order valence-corrected chi connectivity index (χ3v) is 4.99. The summed E-state index contributed by atoms with van der Waals surface area (Å²) >= 11 is 0. The number of urea groups is 1. The fourth-order valence-electron chi connectivity index (χ4n) is 3.47. The maximum atomic E-state index is 13.0. The third kappa shape index (κ3) is 4.03. The molecule has 1 aliphatic rings. The molecule has 2 heterocycles. The molecule has 0 spiro atoms. The van der Waals surface area contributed by atoms with Gasteiger partial charge in [-0.25, -0.2) is 4.79 Å². The summed E-state index contributed by atoms with van der Waals surface area (Å²) in [6.07, 6.45) is 2.28. The number of amides is 3. The van der Waals surface area contributed by atoms with Gasteiger partial charge in [-0.1, -0.05) is 18.2 Å². The number of nitriles is 1. The summed E-state index contributed by atoms with van der Waals surface area (Å²) in [6, 6.07) is 19.8. The largest absolute Gasteiger partial charge is 0.459 e. The molecule has 7 nitrogen and oxygen atoms in total. The van der Waals surface area contributed by atoms with E-state index in [-0.39, 0.29) is 17.7 Å². The summed E-state index contributed by atoms with van der Waals surface area (Å²) < 4.78 is 5.09. The van der Waals surface area contributed by atoms with Crippen molar-refractivity contribution in [2.45, 2.75) is 13.0 Å². The highest BCUT2D eigenvalue weighted by molar-refractivity contribution is 6.02. The minimum absolute atomic E-state index is 0.0960. The molecule has 30 heavy (non-hydrogen) atoms. The van der Waals surface area contributed by atoms with Crippen LogP contribution >= 0.6 is 0 Å². The van der Waals surface area contributed by atoms with Gasteiger partial charge in [-0.15, -0.1) is 0 Å². The number of nitrogens with one attached hydrogen (secondary N) is 1. The Morgan fingerprint density at radius 3 is 2.60 bits per heavy atom. The Balaban J connectivity index is 1.45. The Hall–Kier alpha value is -4.05. The molecule has 2 aromatic carbocycles. The van der Waals surface area contributed by atoms with Crippen LogP contribution in [0.25, 0.3) is 0 Å². The van der Waals surface area contributed by atoms with Crippen LogP contribution in [0, 0.1) is 11.3 Å². The maximum absolute atomic E-state index is 13.0. The summed E-state index contributed by atoms with van der Waals surface area (Å²) in [5.41, 5.74) is 2.80. The van der Waals surface area contributed by atoms with Crippen molar-refractivity contribution in [1.82, 2.24) is 4.90 Å². The molecule has 1 N–H and O–H groups in total. The normalized spacial score (nSPS) is 13.8. The second kappa shape index (κ2) is 8.53. The Morgan fingerprint density at radius 1 is 1.07 bits per heavy atom. The number of rotatable bonds is 5. The molecular weight excluding hydrogens is 380 g/mol. The van der Waals surface area contributed by atoms with E-state index in [1.807, 2.05) is 30.3 Å². The zero-order valence-electron chi connectivity index (χ0n) is 16.2. The molecule has 1 aliphatic heterocycles. The quantitative estimate of drug-likeness (QED) is 0.694. The zero-order chi connectivity index (χ0) is 20.9. The first-order valence-electron chi connectivity index (χ1n) is 9.65. The van der Waals surface area contributed by atoms with Gasteiger partial charge in [0.2, 0.25) is 0 Å². The van der Waals surface area contributed by atoms with Crippen molar-refractivity contribution >= 4 is 23.3 Å². The lowest BCUT2D eigenvalue weighted by atomic mass is 10.1. The average Bonchev–Trinajstić information content (AvgIpc) is 3.31. The van der Waals surface area contributed by atoms with Gasteiger partial charge in [0, 0.05) is 31.0 Å². The van der Waals surface area contributed by atoms with Crippen LogP contribution in [0.2, 0.25) is 0 Å². The highest BCUT2D eigenvalue weighted by atomic mass is 16.3. The Labute approximate surface area is 174 Å². The summed E-state index contributed by atoms with van der Waals surface area (Å²) in [7, 11) is 0. The van der Waals surface area contributed by atoms with Crippen molar-refractivity contribution in [2.24, 2.45) is 0 Å². The fraction of sp³-hybridized carbons (Fsp3) is 0.174. The molecule has 150 valence electrons. The minimum Gasteiger partial charge on any atom is -0.459 e. The van der Waals surface area contributed by atoms with Crippen molar-refractivity contribution in [3.63, 3.8) is 0 Å². The van der Waals surface area contributed by atoms with Gasteiger partial charge >= 0.3 is 6.03 Å². The number of benzene rings is 2. The highest BCUT2D eigenvalue weighted by Gasteiger charge is 2.27. The molecule has 0 atom stereocenters. The lowest BCUT2D eigenvalue weighted by molar-refractivity contribution is 0.0996. The van der Waals surface area contributed by atoms with Crippen molar-refractivity contribution in [3.05, 3.63) is 83.8 Å². The number of furan rings is 1. The molecule has 7 heteroatoms. The molecule has 4 rings (SSSR count). The lowest BCUT2D eigenvalue weighted by Crippen LogP contribution is -2.49. The molecule has 0 radical (unpaired) electrons. The zero-order valence-corrected chi connectivity index (χ0v) is 16.2. The number of carbonyl (C=O) groups excluding carboxylic acids is 2. The molecule has 1 saturated heterocycles. The second-order valence-electron chi connectivity index (χ2n) is 6.96. The van der Waals surface area contributed by atoms with E-state index in [4.69, 9.17) is 4.42 Å². The predicted molar refractivity (Wildman–Crippen MR) is 112 cm³/mol. The van der Waals surface area contributed by atoms with E-state index >= 15 is 0 Å². The predicted octanol–water partition coefficient (Wildman–Crippen LogP) is 4.24.